The number of amides is 1. The third-order valence-electron chi connectivity index (χ3n) is 4.42. The fourth-order valence-electron chi connectivity index (χ4n) is 2.99. The van der Waals surface area contributed by atoms with Gasteiger partial charge in [0.2, 0.25) is 5.91 Å². The second-order valence-corrected chi connectivity index (χ2v) is 6.47. The summed E-state index contributed by atoms with van der Waals surface area (Å²) >= 11 is 0. The van der Waals surface area contributed by atoms with Crippen molar-refractivity contribution in [3.8, 4) is 0 Å². The Morgan fingerprint density at radius 2 is 2.00 bits per heavy atom. The number of carbonyl (C=O) groups is 1. The van der Waals surface area contributed by atoms with E-state index in [4.69, 9.17) is 0 Å². The number of nitrogens with one attached hydrogen (secondary N) is 3. The number of aromatic nitrogens is 2. The number of hydrogen-bond acceptors (Lipinski definition) is 4. The maximum Gasteiger partial charge on any atom is 0.435 e. The lowest BCUT2D eigenvalue weighted by Gasteiger charge is -2.32. The molecule has 0 unspecified atom stereocenters. The molecule has 1 aliphatic rings. The van der Waals surface area contributed by atoms with Crippen LogP contribution in [0.4, 0.5) is 13.2 Å². The van der Waals surface area contributed by atoms with Gasteiger partial charge >= 0.3 is 6.18 Å². The first-order chi connectivity index (χ1) is 12.7. The highest BCUT2D eigenvalue weighted by Gasteiger charge is 2.36. The molecule has 2 rings (SSSR count). The number of alkyl halides is 3. The SMILES string of the molecule is CN=C(NCc1cn(C)nc1C(F)(F)F)NC1CCN(CC(=O)NC)CC1.I. The third-order valence-corrected chi connectivity index (χ3v) is 4.42. The van der Waals surface area contributed by atoms with Crippen LogP contribution in [-0.2, 0) is 24.6 Å². The van der Waals surface area contributed by atoms with Crippen LogP contribution in [0.15, 0.2) is 11.2 Å². The summed E-state index contributed by atoms with van der Waals surface area (Å²) in [6.07, 6.45) is -1.51. The summed E-state index contributed by atoms with van der Waals surface area (Å²) in [6.45, 7) is 1.88. The second kappa shape index (κ2) is 10.8. The van der Waals surface area contributed by atoms with Crippen molar-refractivity contribution in [2.45, 2.75) is 31.6 Å². The molecule has 8 nitrogen and oxygen atoms in total. The van der Waals surface area contributed by atoms with E-state index in [1.165, 1.54) is 13.2 Å². The number of rotatable bonds is 5. The summed E-state index contributed by atoms with van der Waals surface area (Å²) in [5.41, 5.74) is -0.830. The second-order valence-electron chi connectivity index (χ2n) is 6.47. The smallest absolute Gasteiger partial charge is 0.358 e. The molecule has 1 aliphatic heterocycles. The maximum absolute atomic E-state index is 13.0. The molecule has 0 aliphatic carbocycles. The van der Waals surface area contributed by atoms with Gasteiger partial charge in [-0.25, -0.2) is 0 Å². The predicted molar refractivity (Wildman–Crippen MR) is 110 cm³/mol. The van der Waals surface area contributed by atoms with Crippen molar-refractivity contribution in [2.75, 3.05) is 33.7 Å². The Morgan fingerprint density at radius 3 is 2.54 bits per heavy atom. The Bertz CT molecular complexity index is 670. The van der Waals surface area contributed by atoms with Crippen molar-refractivity contribution in [3.63, 3.8) is 0 Å². The van der Waals surface area contributed by atoms with Crippen molar-refractivity contribution in [3.05, 3.63) is 17.5 Å². The number of likely N-dealkylation sites (tertiary alicyclic amines) is 1. The van der Waals surface area contributed by atoms with Crippen molar-refractivity contribution < 1.29 is 18.0 Å². The minimum absolute atomic E-state index is 0. The van der Waals surface area contributed by atoms with Gasteiger partial charge in [-0.3, -0.25) is 19.4 Å². The Balaban J connectivity index is 0.00000392. The van der Waals surface area contributed by atoms with Crippen molar-refractivity contribution in [1.82, 2.24) is 30.6 Å². The molecule has 0 spiro atoms. The fourth-order valence-corrected chi connectivity index (χ4v) is 2.99. The molecular formula is C16H27F3IN7O. The number of piperidine rings is 1. The lowest BCUT2D eigenvalue weighted by Crippen LogP contribution is -2.49. The summed E-state index contributed by atoms with van der Waals surface area (Å²) in [4.78, 5) is 17.6. The average Bonchev–Trinajstić information content (AvgIpc) is 3.01. The summed E-state index contributed by atoms with van der Waals surface area (Å²) in [5.74, 6) is 0.424. The molecule has 0 atom stereocenters. The molecule has 0 saturated carbocycles. The highest BCUT2D eigenvalue weighted by molar-refractivity contribution is 14.0. The molecular weight excluding hydrogens is 490 g/mol. The Hall–Kier alpha value is -1.57. The zero-order valence-corrected chi connectivity index (χ0v) is 18.5. The number of likely N-dealkylation sites (N-methyl/N-ethyl adjacent to an activating group) is 1. The summed E-state index contributed by atoms with van der Waals surface area (Å²) in [7, 11) is 4.64. The van der Waals surface area contributed by atoms with Crippen LogP contribution in [0, 0.1) is 0 Å². The van der Waals surface area contributed by atoms with E-state index in [0.717, 1.165) is 30.6 Å². The van der Waals surface area contributed by atoms with E-state index < -0.39 is 11.9 Å². The highest BCUT2D eigenvalue weighted by Crippen LogP contribution is 2.30. The van der Waals surface area contributed by atoms with Crippen LogP contribution in [-0.4, -0.2) is 66.3 Å². The lowest BCUT2D eigenvalue weighted by atomic mass is 10.1. The largest absolute Gasteiger partial charge is 0.435 e. The standard InChI is InChI=1S/C16H26F3N7O.HI/c1-20-13(27)10-26-6-4-12(5-7-26)23-15(21-2)22-8-11-9-25(3)24-14(11)16(17,18)19;/h9,12H,4-8,10H2,1-3H3,(H,20,27)(H2,21,22,23);1H. The van der Waals surface area contributed by atoms with Crippen molar-refractivity contribution in [2.24, 2.45) is 12.0 Å². The van der Waals surface area contributed by atoms with Gasteiger partial charge in [-0.15, -0.1) is 24.0 Å². The monoisotopic (exact) mass is 517 g/mol. The summed E-state index contributed by atoms with van der Waals surface area (Å²) in [5, 5.41) is 12.2. The first-order valence-corrected chi connectivity index (χ1v) is 8.72. The van der Waals surface area contributed by atoms with Gasteiger partial charge in [0.15, 0.2) is 11.7 Å². The molecule has 0 radical (unpaired) electrons. The normalized spacial score (nSPS) is 16.4. The van der Waals surface area contributed by atoms with E-state index in [-0.39, 0.29) is 48.0 Å². The van der Waals surface area contributed by atoms with Crippen LogP contribution in [0.1, 0.15) is 24.1 Å². The Morgan fingerprint density at radius 1 is 1.36 bits per heavy atom. The minimum atomic E-state index is -4.49. The van der Waals surface area contributed by atoms with Crippen LogP contribution in [0.3, 0.4) is 0 Å². The van der Waals surface area contributed by atoms with E-state index in [2.05, 4.69) is 30.9 Å². The van der Waals surface area contributed by atoms with Gasteiger partial charge < -0.3 is 16.0 Å². The van der Waals surface area contributed by atoms with Crippen LogP contribution in [0.5, 0.6) is 0 Å². The average molecular weight is 517 g/mol. The van der Waals surface area contributed by atoms with Gasteiger partial charge in [0.25, 0.3) is 0 Å². The first-order valence-electron chi connectivity index (χ1n) is 8.72. The van der Waals surface area contributed by atoms with E-state index >= 15 is 0 Å². The Labute approximate surface area is 179 Å². The number of aryl methyl sites for hydroxylation is 1. The zero-order chi connectivity index (χ0) is 20.0. The number of guanidine groups is 1. The van der Waals surface area contributed by atoms with E-state index in [1.54, 1.807) is 14.1 Å². The quantitative estimate of drug-likeness (QED) is 0.308. The summed E-state index contributed by atoms with van der Waals surface area (Å²) < 4.78 is 40.2. The molecule has 3 N–H and O–H groups in total. The van der Waals surface area contributed by atoms with Crippen LogP contribution in [0.2, 0.25) is 0 Å². The molecule has 1 aromatic rings. The van der Waals surface area contributed by atoms with Gasteiger partial charge in [0, 0.05) is 58.6 Å². The molecule has 2 heterocycles. The third kappa shape index (κ3) is 7.11. The van der Waals surface area contributed by atoms with E-state index in [0.29, 0.717) is 12.5 Å². The first kappa shape index (κ1) is 24.5. The predicted octanol–water partition coefficient (Wildman–Crippen LogP) is 0.932. The van der Waals surface area contributed by atoms with Crippen LogP contribution >= 0.6 is 24.0 Å². The van der Waals surface area contributed by atoms with Crippen LogP contribution < -0.4 is 16.0 Å². The molecule has 1 amide bonds. The van der Waals surface area contributed by atoms with Gasteiger partial charge in [0.1, 0.15) is 0 Å². The molecule has 1 fully saturated rings. The van der Waals surface area contributed by atoms with Crippen LogP contribution in [0.25, 0.3) is 0 Å². The lowest BCUT2D eigenvalue weighted by molar-refractivity contribution is -0.142. The fraction of sp³-hybridized carbons (Fsp3) is 0.688. The van der Waals surface area contributed by atoms with E-state index in [1.807, 2.05) is 0 Å². The minimum Gasteiger partial charge on any atom is -0.358 e. The molecule has 160 valence electrons. The topological polar surface area (TPSA) is 86.6 Å². The number of halogens is 4. The molecule has 1 saturated heterocycles. The van der Waals surface area contributed by atoms with E-state index in [9.17, 15) is 18.0 Å². The summed E-state index contributed by atoms with van der Waals surface area (Å²) in [6, 6.07) is 0.146. The molecule has 1 aromatic heterocycles. The molecule has 12 heteroatoms. The zero-order valence-electron chi connectivity index (χ0n) is 16.1. The number of nitrogens with zero attached hydrogens (tertiary/aromatic N) is 4. The number of hydrogen-bond donors (Lipinski definition) is 3. The van der Waals surface area contributed by atoms with Gasteiger partial charge in [0.05, 0.1) is 6.54 Å². The highest BCUT2D eigenvalue weighted by atomic mass is 127. The molecule has 28 heavy (non-hydrogen) atoms. The van der Waals surface area contributed by atoms with Gasteiger partial charge in [-0.2, -0.15) is 18.3 Å². The number of carbonyl (C=O) groups excluding carboxylic acids is 1. The van der Waals surface area contributed by atoms with Crippen molar-refractivity contribution >= 4 is 35.8 Å². The van der Waals surface area contributed by atoms with Gasteiger partial charge in [-0.1, -0.05) is 0 Å². The Kier molecular flexibility index (Phi) is 9.47. The molecule has 0 aromatic carbocycles. The van der Waals surface area contributed by atoms with Crippen molar-refractivity contribution in [1.29, 1.82) is 0 Å². The maximum atomic E-state index is 13.0. The number of aliphatic imine (C=N–C) groups is 1. The van der Waals surface area contributed by atoms with Gasteiger partial charge in [-0.05, 0) is 12.8 Å². The molecule has 0 bridgehead atoms.